The van der Waals surface area contributed by atoms with Crippen LogP contribution in [0, 0.1) is 0 Å². The van der Waals surface area contributed by atoms with Gasteiger partial charge in [0, 0.05) is 49.0 Å². The second kappa shape index (κ2) is 12.6. The first-order valence-corrected chi connectivity index (χ1v) is 18.4. The molecule has 0 atom stereocenters. The van der Waals surface area contributed by atoms with E-state index in [0.29, 0.717) is 0 Å². The molecule has 0 spiro atoms. The second-order valence-corrected chi connectivity index (χ2v) is 14.0. The first-order valence-electron chi connectivity index (χ1n) is 17.6. The molecule has 246 valence electrons. The fourth-order valence-corrected chi connectivity index (χ4v) is 8.92. The lowest BCUT2D eigenvalue weighted by atomic mass is 10.0. The summed E-state index contributed by atoms with van der Waals surface area (Å²) in [5.74, 6) is 0. The van der Waals surface area contributed by atoms with Crippen LogP contribution in [0.1, 0.15) is 0 Å². The second-order valence-electron chi connectivity index (χ2n) is 13.0. The predicted octanol–water partition coefficient (Wildman–Crippen LogP) is 14.1. The number of para-hydroxylation sites is 5. The molecule has 8 aromatic carbocycles. The van der Waals surface area contributed by atoms with Crippen molar-refractivity contribution in [1.82, 2.24) is 4.57 Å². The van der Waals surface area contributed by atoms with E-state index in [9.17, 15) is 0 Å². The highest BCUT2D eigenvalue weighted by Gasteiger charge is 2.25. The van der Waals surface area contributed by atoms with Crippen molar-refractivity contribution >= 4 is 87.4 Å². The average Bonchev–Trinajstić information content (AvgIpc) is 3.76. The van der Waals surface area contributed by atoms with Gasteiger partial charge in [-0.05, 0) is 78.9 Å². The Bertz CT molecular complexity index is 2800. The van der Waals surface area contributed by atoms with Crippen molar-refractivity contribution in [3.63, 3.8) is 0 Å². The lowest BCUT2D eigenvalue weighted by Gasteiger charge is -2.30. The van der Waals surface area contributed by atoms with E-state index in [-0.39, 0.29) is 0 Å². The molecule has 0 saturated heterocycles. The van der Waals surface area contributed by atoms with E-state index in [0.717, 1.165) is 45.3 Å². The Labute approximate surface area is 306 Å². The van der Waals surface area contributed by atoms with Gasteiger partial charge in [0.05, 0.1) is 32.8 Å². The summed E-state index contributed by atoms with van der Waals surface area (Å²) < 4.78 is 4.98. The van der Waals surface area contributed by atoms with Gasteiger partial charge in [-0.3, -0.25) is 0 Å². The summed E-state index contributed by atoms with van der Waals surface area (Å²) in [6.45, 7) is 0. The molecule has 0 radical (unpaired) electrons. The van der Waals surface area contributed by atoms with Crippen LogP contribution in [0.15, 0.2) is 200 Å². The third kappa shape index (κ3) is 4.96. The molecule has 0 aliphatic carbocycles. The van der Waals surface area contributed by atoms with Gasteiger partial charge in [-0.2, -0.15) is 0 Å². The van der Waals surface area contributed by atoms with Crippen LogP contribution in [0.5, 0.6) is 0 Å². The van der Waals surface area contributed by atoms with Crippen LogP contribution >= 0.6 is 11.3 Å². The van der Waals surface area contributed by atoms with Crippen molar-refractivity contribution in [2.75, 3.05) is 9.80 Å². The lowest BCUT2D eigenvalue weighted by Crippen LogP contribution is -2.14. The zero-order valence-electron chi connectivity index (χ0n) is 28.3. The van der Waals surface area contributed by atoms with E-state index in [1.807, 2.05) is 11.3 Å². The van der Waals surface area contributed by atoms with Crippen LogP contribution in [0.25, 0.3) is 47.7 Å². The lowest BCUT2D eigenvalue weighted by molar-refractivity contribution is 1.17. The molecule has 2 aromatic heterocycles. The number of hydrogen-bond acceptors (Lipinski definition) is 3. The molecular weight excluding hydrogens is 651 g/mol. The largest absolute Gasteiger partial charge is 0.310 e. The van der Waals surface area contributed by atoms with Crippen LogP contribution in [0.3, 0.4) is 0 Å². The SMILES string of the molecule is c1ccc(N(c2cc(N(c3ccccc3)c3ccccc3)c3c4ccccc4n(-c4ccccc4)c3c2)c2cccc3c2sc2ccccc23)cc1. The summed E-state index contributed by atoms with van der Waals surface area (Å²) in [5.41, 5.74) is 10.1. The maximum Gasteiger partial charge on any atom is 0.0640 e. The van der Waals surface area contributed by atoms with Crippen LogP contribution in [0.2, 0.25) is 0 Å². The molecule has 0 fully saturated rings. The smallest absolute Gasteiger partial charge is 0.0640 e. The van der Waals surface area contributed by atoms with Crippen molar-refractivity contribution in [3.8, 4) is 5.69 Å². The fourth-order valence-electron chi connectivity index (χ4n) is 7.71. The topological polar surface area (TPSA) is 11.4 Å². The molecule has 0 saturated carbocycles. The van der Waals surface area contributed by atoms with E-state index >= 15 is 0 Å². The molecule has 3 nitrogen and oxygen atoms in total. The molecule has 0 aliphatic heterocycles. The highest BCUT2D eigenvalue weighted by atomic mass is 32.1. The molecule has 0 bridgehead atoms. The Morgan fingerprint density at radius 2 is 0.885 bits per heavy atom. The highest BCUT2D eigenvalue weighted by Crippen LogP contribution is 2.50. The highest BCUT2D eigenvalue weighted by molar-refractivity contribution is 7.26. The van der Waals surface area contributed by atoms with E-state index in [2.05, 4.69) is 215 Å². The maximum absolute atomic E-state index is 2.45. The molecule has 10 rings (SSSR count). The molecule has 4 heteroatoms. The van der Waals surface area contributed by atoms with Crippen molar-refractivity contribution in [3.05, 3.63) is 200 Å². The van der Waals surface area contributed by atoms with Crippen LogP contribution in [-0.4, -0.2) is 4.57 Å². The number of fused-ring (bicyclic) bond motifs is 6. The van der Waals surface area contributed by atoms with Crippen LogP contribution in [0.4, 0.5) is 34.1 Å². The van der Waals surface area contributed by atoms with Gasteiger partial charge < -0.3 is 14.4 Å². The number of rotatable bonds is 7. The minimum absolute atomic E-state index is 1.08. The average molecular weight is 684 g/mol. The summed E-state index contributed by atoms with van der Waals surface area (Å²) in [7, 11) is 0. The zero-order valence-corrected chi connectivity index (χ0v) is 29.1. The maximum atomic E-state index is 2.45. The van der Waals surface area contributed by atoms with Gasteiger partial charge in [0.25, 0.3) is 0 Å². The van der Waals surface area contributed by atoms with Crippen molar-refractivity contribution in [2.24, 2.45) is 0 Å². The normalized spacial score (nSPS) is 11.5. The van der Waals surface area contributed by atoms with Gasteiger partial charge in [0.15, 0.2) is 0 Å². The predicted molar refractivity (Wildman–Crippen MR) is 223 cm³/mol. The van der Waals surface area contributed by atoms with Crippen LogP contribution < -0.4 is 9.80 Å². The number of anilines is 6. The van der Waals surface area contributed by atoms with Gasteiger partial charge >= 0.3 is 0 Å². The first-order chi connectivity index (χ1) is 25.8. The van der Waals surface area contributed by atoms with Gasteiger partial charge in [-0.15, -0.1) is 11.3 Å². The number of hydrogen-bond donors (Lipinski definition) is 0. The van der Waals surface area contributed by atoms with Gasteiger partial charge in [0.2, 0.25) is 0 Å². The monoisotopic (exact) mass is 683 g/mol. The Morgan fingerprint density at radius 3 is 1.54 bits per heavy atom. The van der Waals surface area contributed by atoms with E-state index in [4.69, 9.17) is 0 Å². The molecule has 0 aliphatic rings. The van der Waals surface area contributed by atoms with Gasteiger partial charge in [0.1, 0.15) is 0 Å². The molecule has 52 heavy (non-hydrogen) atoms. The number of nitrogens with zero attached hydrogens (tertiary/aromatic N) is 3. The third-order valence-corrected chi connectivity index (χ3v) is 11.1. The minimum atomic E-state index is 1.08. The Kier molecular flexibility index (Phi) is 7.33. The Hall–Kier alpha value is -6.62. The fraction of sp³-hybridized carbons (Fsp3) is 0. The number of thiophene rings is 1. The van der Waals surface area contributed by atoms with Crippen molar-refractivity contribution in [1.29, 1.82) is 0 Å². The molecular formula is C48H33N3S. The Morgan fingerprint density at radius 1 is 0.365 bits per heavy atom. The summed E-state index contributed by atoms with van der Waals surface area (Å²) in [4.78, 5) is 4.86. The van der Waals surface area contributed by atoms with E-state index in [1.54, 1.807) is 0 Å². The molecule has 0 N–H and O–H groups in total. The zero-order chi connectivity index (χ0) is 34.4. The number of aromatic nitrogens is 1. The third-order valence-electron chi connectivity index (χ3n) is 9.92. The van der Waals surface area contributed by atoms with E-state index in [1.165, 1.54) is 36.5 Å². The van der Waals surface area contributed by atoms with Crippen molar-refractivity contribution < 1.29 is 0 Å². The van der Waals surface area contributed by atoms with Gasteiger partial charge in [-0.1, -0.05) is 121 Å². The molecule has 2 heterocycles. The Balaban J connectivity index is 1.36. The molecule has 0 unspecified atom stereocenters. The standard InChI is InChI=1S/C48H33N3S/c1-5-18-34(19-6-1)49(35-20-7-2-8-21-35)44-32-38(33-45-47(44)41-27-13-15-29-42(41)51(45)37-24-11-4-12-25-37)50(36-22-9-3-10-23-36)43-30-17-28-40-39-26-14-16-31-46(39)52-48(40)43/h1-33H. The summed E-state index contributed by atoms with van der Waals surface area (Å²) >= 11 is 1.86. The van der Waals surface area contributed by atoms with Gasteiger partial charge in [-0.25, -0.2) is 0 Å². The first kappa shape index (κ1) is 30.2. The molecule has 10 aromatic rings. The van der Waals surface area contributed by atoms with E-state index < -0.39 is 0 Å². The minimum Gasteiger partial charge on any atom is -0.310 e. The summed E-state index contributed by atoms with van der Waals surface area (Å²) in [6, 6.07) is 72.1. The van der Waals surface area contributed by atoms with Crippen LogP contribution in [-0.2, 0) is 0 Å². The summed E-state index contributed by atoms with van der Waals surface area (Å²) in [6.07, 6.45) is 0. The summed E-state index contributed by atoms with van der Waals surface area (Å²) in [5, 5.41) is 4.97. The molecule has 0 amide bonds. The van der Waals surface area contributed by atoms with Crippen molar-refractivity contribution in [2.45, 2.75) is 0 Å². The number of benzene rings is 8. The quantitative estimate of drug-likeness (QED) is 0.166.